The molecule has 0 spiro atoms. The molecule has 1 amide bonds. The summed E-state index contributed by atoms with van der Waals surface area (Å²) in [7, 11) is 0. The third kappa shape index (κ3) is 2.12. The van der Waals surface area contributed by atoms with Crippen LogP contribution < -0.4 is 5.73 Å². The molecule has 1 aromatic heterocycles. The fourth-order valence-electron chi connectivity index (χ4n) is 3.17. The first-order valence-electron chi connectivity index (χ1n) is 6.35. The van der Waals surface area contributed by atoms with E-state index in [-0.39, 0.29) is 17.0 Å². The van der Waals surface area contributed by atoms with E-state index in [0.29, 0.717) is 23.3 Å². The van der Waals surface area contributed by atoms with Crippen LogP contribution in [0.5, 0.6) is 0 Å². The normalized spacial score (nSPS) is 29.5. The number of likely N-dealkylation sites (tertiary alicyclic amines) is 1. The van der Waals surface area contributed by atoms with E-state index in [1.165, 1.54) is 6.07 Å². The zero-order valence-electron chi connectivity index (χ0n) is 10.3. The molecule has 1 saturated heterocycles. The largest absolute Gasteiger partial charge is 0.337 e. The van der Waals surface area contributed by atoms with Crippen molar-refractivity contribution in [2.24, 2.45) is 17.6 Å². The van der Waals surface area contributed by atoms with E-state index in [1.807, 2.05) is 0 Å². The van der Waals surface area contributed by atoms with Crippen molar-refractivity contribution in [3.8, 4) is 0 Å². The number of rotatable bonds is 2. The van der Waals surface area contributed by atoms with Gasteiger partial charge in [-0.15, -0.1) is 0 Å². The van der Waals surface area contributed by atoms with Gasteiger partial charge in [-0.05, 0) is 30.7 Å². The summed E-state index contributed by atoms with van der Waals surface area (Å²) in [5.41, 5.74) is 6.04. The number of carbonyl (C=O) groups is 1. The lowest BCUT2D eigenvalue weighted by atomic mass is 9.98. The molecule has 1 aliphatic carbocycles. The van der Waals surface area contributed by atoms with Crippen molar-refractivity contribution < 1.29 is 9.72 Å². The van der Waals surface area contributed by atoms with Crippen LogP contribution in [0.25, 0.3) is 0 Å². The van der Waals surface area contributed by atoms with Crippen molar-refractivity contribution in [2.75, 3.05) is 13.1 Å². The van der Waals surface area contributed by atoms with Crippen molar-refractivity contribution in [1.29, 1.82) is 0 Å². The molecule has 0 bridgehead atoms. The first kappa shape index (κ1) is 12.6. The molecular formula is C12H15N3O3S. The number of carbonyl (C=O) groups excluding carboxylic acids is 1. The van der Waals surface area contributed by atoms with Gasteiger partial charge < -0.3 is 10.6 Å². The lowest BCUT2D eigenvalue weighted by Gasteiger charge is -2.17. The van der Waals surface area contributed by atoms with Gasteiger partial charge >= 0.3 is 5.00 Å². The van der Waals surface area contributed by atoms with Crippen LogP contribution in [0.2, 0.25) is 0 Å². The van der Waals surface area contributed by atoms with E-state index in [9.17, 15) is 14.9 Å². The maximum atomic E-state index is 12.3. The average Bonchev–Trinajstić information content (AvgIpc) is 3.05. The van der Waals surface area contributed by atoms with Gasteiger partial charge in [0.25, 0.3) is 5.91 Å². The fraction of sp³-hybridized carbons (Fsp3) is 0.583. The van der Waals surface area contributed by atoms with Gasteiger partial charge in [-0.1, -0.05) is 11.3 Å². The van der Waals surface area contributed by atoms with Crippen LogP contribution in [0.1, 0.15) is 22.5 Å². The van der Waals surface area contributed by atoms with E-state index in [2.05, 4.69) is 0 Å². The van der Waals surface area contributed by atoms with Crippen LogP contribution in [-0.4, -0.2) is 34.9 Å². The van der Waals surface area contributed by atoms with Crippen LogP contribution in [-0.2, 0) is 0 Å². The average molecular weight is 281 g/mol. The summed E-state index contributed by atoms with van der Waals surface area (Å²) in [5.74, 6) is 0.812. The number of nitrogens with zero attached hydrogens (tertiary/aromatic N) is 2. The molecule has 1 aromatic rings. The minimum atomic E-state index is -0.462. The Bertz CT molecular complexity index is 530. The van der Waals surface area contributed by atoms with E-state index in [1.54, 1.807) is 11.0 Å². The number of amides is 1. The lowest BCUT2D eigenvalue weighted by molar-refractivity contribution is -0.380. The monoisotopic (exact) mass is 281 g/mol. The molecule has 1 saturated carbocycles. The summed E-state index contributed by atoms with van der Waals surface area (Å²) in [6.45, 7) is 1.43. The molecular weight excluding hydrogens is 266 g/mol. The molecule has 3 atom stereocenters. The predicted molar refractivity (Wildman–Crippen MR) is 71.1 cm³/mol. The van der Waals surface area contributed by atoms with Gasteiger partial charge in [-0.3, -0.25) is 14.9 Å². The molecule has 19 heavy (non-hydrogen) atoms. The van der Waals surface area contributed by atoms with Crippen molar-refractivity contribution in [2.45, 2.75) is 18.9 Å². The van der Waals surface area contributed by atoms with Crippen molar-refractivity contribution in [3.63, 3.8) is 0 Å². The molecule has 7 heteroatoms. The van der Waals surface area contributed by atoms with Crippen LogP contribution in [0.15, 0.2) is 12.1 Å². The molecule has 3 unspecified atom stereocenters. The predicted octanol–water partition coefficient (Wildman–Crippen LogP) is 1.47. The molecule has 2 fully saturated rings. The number of fused-ring (bicyclic) bond motifs is 1. The van der Waals surface area contributed by atoms with Gasteiger partial charge in [0.15, 0.2) is 0 Å². The Labute approximate surface area is 114 Å². The van der Waals surface area contributed by atoms with E-state index in [4.69, 9.17) is 5.73 Å². The van der Waals surface area contributed by atoms with Crippen LogP contribution >= 0.6 is 11.3 Å². The maximum absolute atomic E-state index is 12.3. The van der Waals surface area contributed by atoms with Gasteiger partial charge in [-0.2, -0.15) is 0 Å². The van der Waals surface area contributed by atoms with Crippen LogP contribution in [0.3, 0.4) is 0 Å². The van der Waals surface area contributed by atoms with Gasteiger partial charge in [0.05, 0.1) is 9.80 Å². The molecule has 1 aliphatic heterocycles. The molecule has 6 nitrogen and oxygen atoms in total. The Kier molecular flexibility index (Phi) is 3.02. The summed E-state index contributed by atoms with van der Waals surface area (Å²) in [4.78, 5) is 24.7. The highest BCUT2D eigenvalue weighted by atomic mass is 32.1. The van der Waals surface area contributed by atoms with Gasteiger partial charge in [0.2, 0.25) is 0 Å². The number of hydrogen-bond acceptors (Lipinski definition) is 5. The van der Waals surface area contributed by atoms with E-state index in [0.717, 1.165) is 30.7 Å². The smallest absolute Gasteiger partial charge is 0.324 e. The maximum Gasteiger partial charge on any atom is 0.324 e. The summed E-state index contributed by atoms with van der Waals surface area (Å²) in [6, 6.07) is 3.13. The zero-order chi connectivity index (χ0) is 13.6. The highest BCUT2D eigenvalue weighted by Gasteiger charge is 2.42. The van der Waals surface area contributed by atoms with Crippen molar-refractivity contribution in [3.05, 3.63) is 27.1 Å². The quantitative estimate of drug-likeness (QED) is 0.656. The fourth-order valence-corrected chi connectivity index (χ4v) is 3.96. The molecule has 2 N–H and O–H groups in total. The Balaban J connectivity index is 1.73. The topological polar surface area (TPSA) is 89.5 Å². The van der Waals surface area contributed by atoms with E-state index >= 15 is 0 Å². The Morgan fingerprint density at radius 1 is 1.42 bits per heavy atom. The molecule has 0 radical (unpaired) electrons. The molecule has 2 aliphatic rings. The first-order chi connectivity index (χ1) is 9.06. The van der Waals surface area contributed by atoms with Gasteiger partial charge in [0.1, 0.15) is 0 Å². The first-order valence-corrected chi connectivity index (χ1v) is 7.17. The lowest BCUT2D eigenvalue weighted by Crippen LogP contribution is -2.33. The van der Waals surface area contributed by atoms with Crippen molar-refractivity contribution >= 4 is 22.2 Å². The van der Waals surface area contributed by atoms with Crippen LogP contribution in [0, 0.1) is 22.0 Å². The Morgan fingerprint density at radius 3 is 2.84 bits per heavy atom. The summed E-state index contributed by atoms with van der Waals surface area (Å²) in [5, 5.41) is 10.6. The van der Waals surface area contributed by atoms with Crippen molar-refractivity contribution in [1.82, 2.24) is 4.90 Å². The van der Waals surface area contributed by atoms with Crippen LogP contribution in [0.4, 0.5) is 5.00 Å². The second-order valence-electron chi connectivity index (χ2n) is 5.27. The standard InChI is InChI=1S/C12H15N3O3S/c13-9-2-1-7-5-14(6-8(7)9)12(16)10-3-4-11(19-10)15(17)18/h3-4,7-9H,1-2,5-6,13H2. The molecule has 0 aromatic carbocycles. The number of hydrogen-bond donors (Lipinski definition) is 1. The molecule has 102 valence electrons. The number of thiophene rings is 1. The Hall–Kier alpha value is -1.47. The van der Waals surface area contributed by atoms with E-state index < -0.39 is 4.92 Å². The van der Waals surface area contributed by atoms with Gasteiger partial charge in [-0.25, -0.2) is 0 Å². The third-order valence-electron chi connectivity index (χ3n) is 4.18. The second kappa shape index (κ2) is 4.57. The summed E-state index contributed by atoms with van der Waals surface area (Å²) in [6.07, 6.45) is 2.13. The number of nitrogens with two attached hydrogens (primary N) is 1. The minimum absolute atomic E-state index is 0.0134. The zero-order valence-corrected chi connectivity index (χ0v) is 11.1. The minimum Gasteiger partial charge on any atom is -0.337 e. The Morgan fingerprint density at radius 2 is 2.21 bits per heavy atom. The number of nitro groups is 1. The summed E-state index contributed by atoms with van der Waals surface area (Å²) < 4.78 is 0. The highest BCUT2D eigenvalue weighted by Crippen LogP contribution is 2.38. The second-order valence-corrected chi connectivity index (χ2v) is 6.33. The highest BCUT2D eigenvalue weighted by molar-refractivity contribution is 7.17. The summed E-state index contributed by atoms with van der Waals surface area (Å²) >= 11 is 0.943. The van der Waals surface area contributed by atoms with Gasteiger partial charge in [0, 0.05) is 25.2 Å². The molecule has 3 rings (SSSR count). The SMILES string of the molecule is NC1CCC2CN(C(=O)c3ccc([N+](=O)[O-])s3)CC12. The third-order valence-corrected chi connectivity index (χ3v) is 5.21. The molecule has 2 heterocycles.